The third kappa shape index (κ3) is 3.78. The minimum Gasteiger partial charge on any atom is -0.489 e. The number of aliphatic hydroxyl groups is 1. The molecule has 1 aliphatic rings. The van der Waals surface area contributed by atoms with E-state index in [1.54, 1.807) is 0 Å². The zero-order valence-corrected chi connectivity index (χ0v) is 14.8. The van der Waals surface area contributed by atoms with Crippen LogP contribution in [0.3, 0.4) is 0 Å². The van der Waals surface area contributed by atoms with Gasteiger partial charge in [-0.3, -0.25) is 4.98 Å². The van der Waals surface area contributed by atoms with Gasteiger partial charge in [-0.2, -0.15) is 0 Å². The quantitative estimate of drug-likeness (QED) is 0.729. The summed E-state index contributed by atoms with van der Waals surface area (Å²) in [6.45, 7) is 0.487. The average molecular weight is 345 g/mol. The van der Waals surface area contributed by atoms with Crippen molar-refractivity contribution in [3.63, 3.8) is 0 Å². The van der Waals surface area contributed by atoms with Crippen LogP contribution in [0.1, 0.15) is 35.2 Å². The van der Waals surface area contributed by atoms with Gasteiger partial charge < -0.3 is 9.84 Å². The van der Waals surface area contributed by atoms with E-state index in [0.717, 1.165) is 29.0 Å². The minimum absolute atomic E-state index is 0.0467. The van der Waals surface area contributed by atoms with Gasteiger partial charge >= 0.3 is 0 Å². The monoisotopic (exact) mass is 345 g/mol. The molecule has 0 atom stereocenters. The number of nitrogens with zero attached hydrogens (tertiary/aromatic N) is 1. The number of aryl methyl sites for hydroxylation is 2. The molecule has 0 aliphatic heterocycles. The van der Waals surface area contributed by atoms with Gasteiger partial charge in [-0.1, -0.05) is 30.3 Å². The van der Waals surface area contributed by atoms with Gasteiger partial charge in [0.15, 0.2) is 0 Å². The van der Waals surface area contributed by atoms with Gasteiger partial charge in [-0.15, -0.1) is 0 Å². The van der Waals surface area contributed by atoms with Crippen LogP contribution in [0.2, 0.25) is 0 Å². The molecule has 1 aliphatic carbocycles. The lowest BCUT2D eigenvalue weighted by Crippen LogP contribution is -2.03. The van der Waals surface area contributed by atoms with Crippen LogP contribution in [0.15, 0.2) is 60.7 Å². The maximum absolute atomic E-state index is 9.28. The van der Waals surface area contributed by atoms with Crippen LogP contribution in [0.5, 0.6) is 5.75 Å². The first kappa shape index (κ1) is 16.8. The fraction of sp³-hybridized carbons (Fsp3) is 0.261. The molecule has 1 heterocycles. The lowest BCUT2D eigenvalue weighted by Gasteiger charge is -2.17. The molecule has 0 saturated carbocycles. The Morgan fingerprint density at radius 1 is 0.885 bits per heavy atom. The smallest absolute Gasteiger partial charge is 0.120 e. The molecule has 0 amide bonds. The Hall–Kier alpha value is -2.65. The molecule has 1 N–H and O–H groups in total. The molecular weight excluding hydrogens is 322 g/mol. The minimum atomic E-state index is -0.0467. The Bertz CT molecular complexity index is 904. The summed E-state index contributed by atoms with van der Waals surface area (Å²) >= 11 is 0. The zero-order chi connectivity index (χ0) is 17.8. The molecule has 3 heteroatoms. The highest BCUT2D eigenvalue weighted by molar-refractivity contribution is 5.60. The molecule has 3 nitrogen and oxygen atoms in total. The van der Waals surface area contributed by atoms with Crippen LogP contribution >= 0.6 is 0 Å². The van der Waals surface area contributed by atoms with Crippen molar-refractivity contribution in [1.29, 1.82) is 0 Å². The number of aromatic nitrogens is 1. The number of hydrogen-bond acceptors (Lipinski definition) is 3. The molecule has 0 bridgehead atoms. The molecule has 0 unspecified atom stereocenters. The van der Waals surface area contributed by atoms with Crippen molar-refractivity contribution in [2.45, 2.75) is 38.9 Å². The van der Waals surface area contributed by atoms with Crippen LogP contribution in [-0.2, 0) is 26.1 Å². The summed E-state index contributed by atoms with van der Waals surface area (Å²) in [6, 6.07) is 20.4. The SMILES string of the molecule is OCc1cccc(-c2cccc(COc3ccc4c(c3)CCCC4)c2)n1. The molecular formula is C23H23NO2. The average Bonchev–Trinajstić information content (AvgIpc) is 2.72. The first-order valence-corrected chi connectivity index (χ1v) is 9.22. The van der Waals surface area contributed by atoms with E-state index >= 15 is 0 Å². The number of benzene rings is 2. The highest BCUT2D eigenvalue weighted by Gasteiger charge is 2.10. The second-order valence-corrected chi connectivity index (χ2v) is 6.80. The molecule has 3 aromatic rings. The summed E-state index contributed by atoms with van der Waals surface area (Å²) in [7, 11) is 0. The van der Waals surface area contributed by atoms with Gasteiger partial charge in [0.05, 0.1) is 18.0 Å². The lowest BCUT2D eigenvalue weighted by atomic mass is 9.92. The van der Waals surface area contributed by atoms with E-state index in [1.807, 2.05) is 30.3 Å². The zero-order valence-electron chi connectivity index (χ0n) is 14.8. The van der Waals surface area contributed by atoms with Crippen molar-refractivity contribution in [2.24, 2.45) is 0 Å². The van der Waals surface area contributed by atoms with Crippen molar-refractivity contribution in [1.82, 2.24) is 4.98 Å². The summed E-state index contributed by atoms with van der Waals surface area (Å²) < 4.78 is 6.03. The Labute approximate surface area is 154 Å². The Balaban J connectivity index is 1.49. The summed E-state index contributed by atoms with van der Waals surface area (Å²) in [4.78, 5) is 4.48. The van der Waals surface area contributed by atoms with Crippen LogP contribution in [0, 0.1) is 0 Å². The van der Waals surface area contributed by atoms with Crippen molar-refractivity contribution < 1.29 is 9.84 Å². The number of rotatable bonds is 5. The van der Waals surface area contributed by atoms with Gasteiger partial charge in [-0.25, -0.2) is 0 Å². The second-order valence-electron chi connectivity index (χ2n) is 6.80. The van der Waals surface area contributed by atoms with E-state index in [-0.39, 0.29) is 6.61 Å². The Morgan fingerprint density at radius 3 is 2.62 bits per heavy atom. The third-order valence-corrected chi connectivity index (χ3v) is 4.92. The van der Waals surface area contributed by atoms with E-state index in [2.05, 4.69) is 35.3 Å². The molecule has 26 heavy (non-hydrogen) atoms. The fourth-order valence-electron chi connectivity index (χ4n) is 3.52. The third-order valence-electron chi connectivity index (χ3n) is 4.92. The molecule has 0 fully saturated rings. The number of pyridine rings is 1. The highest BCUT2D eigenvalue weighted by Crippen LogP contribution is 2.26. The van der Waals surface area contributed by atoms with Crippen LogP contribution in [0.4, 0.5) is 0 Å². The van der Waals surface area contributed by atoms with Crippen LogP contribution in [-0.4, -0.2) is 10.1 Å². The van der Waals surface area contributed by atoms with E-state index in [1.165, 1.54) is 30.4 Å². The molecule has 0 saturated heterocycles. The van der Waals surface area contributed by atoms with Gasteiger partial charge in [0.25, 0.3) is 0 Å². The van der Waals surface area contributed by atoms with Gasteiger partial charge in [-0.05, 0) is 72.7 Å². The fourth-order valence-corrected chi connectivity index (χ4v) is 3.52. The molecule has 0 spiro atoms. The van der Waals surface area contributed by atoms with Gasteiger partial charge in [0.2, 0.25) is 0 Å². The summed E-state index contributed by atoms with van der Waals surface area (Å²) in [5.74, 6) is 0.941. The maximum atomic E-state index is 9.28. The van der Waals surface area contributed by atoms with E-state index in [4.69, 9.17) is 4.74 Å². The molecule has 4 rings (SSSR count). The normalized spacial score (nSPS) is 13.3. The Kier molecular flexibility index (Phi) is 4.98. The van der Waals surface area contributed by atoms with Crippen molar-refractivity contribution in [3.8, 4) is 17.0 Å². The van der Waals surface area contributed by atoms with Gasteiger partial charge in [0, 0.05) is 5.56 Å². The van der Waals surface area contributed by atoms with Crippen molar-refractivity contribution >= 4 is 0 Å². The highest BCUT2D eigenvalue weighted by atomic mass is 16.5. The molecule has 2 aromatic carbocycles. The first-order valence-electron chi connectivity index (χ1n) is 9.22. The largest absolute Gasteiger partial charge is 0.489 e. The van der Waals surface area contributed by atoms with Crippen LogP contribution in [0.25, 0.3) is 11.3 Å². The standard InChI is InChI=1S/C23H23NO2/c25-15-21-9-4-10-23(24-21)20-8-3-5-17(13-20)16-26-22-12-11-18-6-1-2-7-19(18)14-22/h3-5,8-14,25H,1-2,6-7,15-16H2. The topological polar surface area (TPSA) is 42.4 Å². The first-order chi connectivity index (χ1) is 12.8. The van der Waals surface area contributed by atoms with Crippen molar-refractivity contribution in [2.75, 3.05) is 0 Å². The summed E-state index contributed by atoms with van der Waals surface area (Å²) in [6.07, 6.45) is 4.93. The van der Waals surface area contributed by atoms with E-state index < -0.39 is 0 Å². The van der Waals surface area contributed by atoms with E-state index in [0.29, 0.717) is 12.3 Å². The maximum Gasteiger partial charge on any atom is 0.120 e. The lowest BCUT2D eigenvalue weighted by molar-refractivity contribution is 0.277. The van der Waals surface area contributed by atoms with Crippen molar-refractivity contribution in [3.05, 3.63) is 83.0 Å². The molecule has 0 radical (unpaired) electrons. The predicted octanol–water partition coefficient (Wildman–Crippen LogP) is 4.70. The molecule has 132 valence electrons. The summed E-state index contributed by atoms with van der Waals surface area (Å²) in [5, 5.41) is 9.28. The number of aliphatic hydroxyl groups excluding tert-OH is 1. The number of fused-ring (bicyclic) bond motifs is 1. The summed E-state index contributed by atoms with van der Waals surface area (Å²) in [5.41, 5.74) is 6.60. The second kappa shape index (κ2) is 7.71. The molecule has 1 aromatic heterocycles. The predicted molar refractivity (Wildman–Crippen MR) is 103 cm³/mol. The van der Waals surface area contributed by atoms with Crippen LogP contribution < -0.4 is 4.74 Å². The number of ether oxygens (including phenoxy) is 1. The van der Waals surface area contributed by atoms with E-state index in [9.17, 15) is 5.11 Å². The number of hydrogen-bond donors (Lipinski definition) is 1. The Morgan fingerprint density at radius 2 is 1.73 bits per heavy atom. The van der Waals surface area contributed by atoms with Gasteiger partial charge in [0.1, 0.15) is 12.4 Å².